The lowest BCUT2D eigenvalue weighted by molar-refractivity contribution is -0.105. The molecule has 0 atom stereocenters. The second-order valence-electron chi connectivity index (χ2n) is 3.83. The zero-order valence-corrected chi connectivity index (χ0v) is 8.96. The standard InChI is InChI=1S/C14H9NO2/c16-9-14(17)15-12-7-3-1-5-10(12)11-6-2-4-8-13(11)15/h1-9H. The highest BCUT2D eigenvalue weighted by atomic mass is 16.2. The van der Waals surface area contributed by atoms with Gasteiger partial charge >= 0.3 is 0 Å². The zero-order chi connectivity index (χ0) is 11.8. The second kappa shape index (κ2) is 3.56. The van der Waals surface area contributed by atoms with Crippen molar-refractivity contribution in [1.82, 2.24) is 4.57 Å². The first kappa shape index (κ1) is 9.78. The fourth-order valence-corrected chi connectivity index (χ4v) is 2.21. The predicted molar refractivity (Wildman–Crippen MR) is 66.1 cm³/mol. The van der Waals surface area contributed by atoms with E-state index in [-0.39, 0.29) is 0 Å². The summed E-state index contributed by atoms with van der Waals surface area (Å²) in [4.78, 5) is 22.4. The maximum Gasteiger partial charge on any atom is 0.295 e. The molecule has 0 aliphatic heterocycles. The van der Waals surface area contributed by atoms with Crippen LogP contribution in [0.2, 0.25) is 0 Å². The molecule has 82 valence electrons. The van der Waals surface area contributed by atoms with Gasteiger partial charge in [0.05, 0.1) is 11.0 Å². The Kier molecular flexibility index (Phi) is 2.05. The molecule has 3 heteroatoms. The van der Waals surface area contributed by atoms with Crippen molar-refractivity contribution in [3.05, 3.63) is 48.5 Å². The van der Waals surface area contributed by atoms with E-state index in [4.69, 9.17) is 0 Å². The number of fused-ring (bicyclic) bond motifs is 3. The van der Waals surface area contributed by atoms with Gasteiger partial charge in [0.2, 0.25) is 6.29 Å². The number of rotatable bonds is 1. The molecule has 3 rings (SSSR count). The number of hydrogen-bond acceptors (Lipinski definition) is 2. The van der Waals surface area contributed by atoms with Crippen LogP contribution >= 0.6 is 0 Å². The van der Waals surface area contributed by atoms with E-state index in [1.807, 2.05) is 48.5 Å². The molecule has 3 aromatic rings. The maximum atomic E-state index is 11.7. The van der Waals surface area contributed by atoms with Crippen molar-refractivity contribution in [1.29, 1.82) is 0 Å². The van der Waals surface area contributed by atoms with Crippen LogP contribution in [0.4, 0.5) is 0 Å². The summed E-state index contributed by atoms with van der Waals surface area (Å²) in [5.74, 6) is -0.539. The molecule has 0 spiro atoms. The number of benzene rings is 2. The molecule has 0 saturated carbocycles. The first-order chi connectivity index (χ1) is 8.33. The second-order valence-corrected chi connectivity index (χ2v) is 3.83. The molecule has 0 saturated heterocycles. The molecule has 0 aliphatic carbocycles. The number of aldehydes is 1. The van der Waals surface area contributed by atoms with Gasteiger partial charge in [-0.2, -0.15) is 0 Å². The molecule has 0 bridgehead atoms. The quantitative estimate of drug-likeness (QED) is 0.470. The highest BCUT2D eigenvalue weighted by Crippen LogP contribution is 2.28. The van der Waals surface area contributed by atoms with E-state index in [0.717, 1.165) is 21.8 Å². The third-order valence-electron chi connectivity index (χ3n) is 2.90. The van der Waals surface area contributed by atoms with Crippen LogP contribution in [-0.2, 0) is 4.79 Å². The molecule has 0 fully saturated rings. The molecule has 0 amide bonds. The van der Waals surface area contributed by atoms with Crippen molar-refractivity contribution in [3.8, 4) is 0 Å². The number of carbonyl (C=O) groups is 2. The van der Waals surface area contributed by atoms with E-state index >= 15 is 0 Å². The molecule has 2 aromatic carbocycles. The number of carbonyl (C=O) groups excluding carboxylic acids is 2. The number of hydrogen-bond donors (Lipinski definition) is 0. The Labute approximate surface area is 97.3 Å². The molecule has 1 aromatic heterocycles. The number of para-hydroxylation sites is 2. The van der Waals surface area contributed by atoms with Crippen molar-refractivity contribution < 1.29 is 9.59 Å². The van der Waals surface area contributed by atoms with Gasteiger partial charge in [-0.25, -0.2) is 0 Å². The SMILES string of the molecule is O=CC(=O)n1c2ccccc2c2ccccc21. The third kappa shape index (κ3) is 1.29. The van der Waals surface area contributed by atoms with E-state index in [2.05, 4.69) is 0 Å². The Morgan fingerprint density at radius 1 is 0.882 bits per heavy atom. The zero-order valence-electron chi connectivity index (χ0n) is 8.96. The molecule has 3 nitrogen and oxygen atoms in total. The van der Waals surface area contributed by atoms with Gasteiger partial charge in [0.15, 0.2) is 0 Å². The average molecular weight is 223 g/mol. The summed E-state index contributed by atoms with van der Waals surface area (Å²) in [6.45, 7) is 0. The Morgan fingerprint density at radius 3 is 1.82 bits per heavy atom. The van der Waals surface area contributed by atoms with E-state index in [9.17, 15) is 9.59 Å². The molecular weight excluding hydrogens is 214 g/mol. The monoisotopic (exact) mass is 223 g/mol. The van der Waals surface area contributed by atoms with Crippen LogP contribution in [0.25, 0.3) is 21.8 Å². The summed E-state index contributed by atoms with van der Waals surface area (Å²) < 4.78 is 1.46. The van der Waals surface area contributed by atoms with Crippen molar-refractivity contribution >= 4 is 34.0 Å². The maximum absolute atomic E-state index is 11.7. The Hall–Kier alpha value is -2.42. The van der Waals surface area contributed by atoms with Crippen molar-refractivity contribution in [2.75, 3.05) is 0 Å². The van der Waals surface area contributed by atoms with Crippen LogP contribution in [0.3, 0.4) is 0 Å². The van der Waals surface area contributed by atoms with Crippen LogP contribution in [-0.4, -0.2) is 16.8 Å². The summed E-state index contributed by atoms with van der Waals surface area (Å²) >= 11 is 0. The number of aromatic nitrogens is 1. The van der Waals surface area contributed by atoms with Crippen LogP contribution < -0.4 is 0 Å². The number of nitrogens with zero attached hydrogens (tertiary/aromatic N) is 1. The molecule has 17 heavy (non-hydrogen) atoms. The average Bonchev–Trinajstić information content (AvgIpc) is 2.72. The van der Waals surface area contributed by atoms with E-state index in [0.29, 0.717) is 6.29 Å². The third-order valence-corrected chi connectivity index (χ3v) is 2.90. The fraction of sp³-hybridized carbons (Fsp3) is 0. The lowest BCUT2D eigenvalue weighted by Crippen LogP contribution is -2.10. The minimum Gasteiger partial charge on any atom is -0.292 e. The fourth-order valence-electron chi connectivity index (χ4n) is 2.21. The summed E-state index contributed by atoms with van der Waals surface area (Å²) in [6, 6.07) is 15.1. The molecule has 1 heterocycles. The van der Waals surface area contributed by atoms with Gasteiger partial charge in [0.25, 0.3) is 5.91 Å². The molecular formula is C14H9NO2. The van der Waals surface area contributed by atoms with Crippen molar-refractivity contribution in [2.45, 2.75) is 0 Å². The first-order valence-electron chi connectivity index (χ1n) is 5.30. The van der Waals surface area contributed by atoms with E-state index in [1.54, 1.807) is 0 Å². The molecule has 0 radical (unpaired) electrons. The summed E-state index contributed by atoms with van der Waals surface area (Å²) in [5, 5.41) is 1.97. The lowest BCUT2D eigenvalue weighted by atomic mass is 10.2. The topological polar surface area (TPSA) is 39.1 Å². The van der Waals surface area contributed by atoms with Crippen LogP contribution in [0.15, 0.2) is 48.5 Å². The Balaban J connectivity index is 2.59. The molecule has 0 unspecified atom stereocenters. The van der Waals surface area contributed by atoms with E-state index < -0.39 is 5.91 Å². The Bertz CT molecular complexity index is 687. The Morgan fingerprint density at radius 2 is 1.35 bits per heavy atom. The smallest absolute Gasteiger partial charge is 0.292 e. The van der Waals surface area contributed by atoms with Gasteiger partial charge in [-0.1, -0.05) is 36.4 Å². The molecule has 0 aliphatic rings. The highest BCUT2D eigenvalue weighted by molar-refractivity contribution is 6.30. The normalized spacial score (nSPS) is 10.8. The van der Waals surface area contributed by atoms with Gasteiger partial charge in [-0.15, -0.1) is 0 Å². The predicted octanol–water partition coefficient (Wildman–Crippen LogP) is 2.63. The summed E-state index contributed by atoms with van der Waals surface area (Å²) in [6.07, 6.45) is 0.346. The highest BCUT2D eigenvalue weighted by Gasteiger charge is 2.13. The first-order valence-corrected chi connectivity index (χ1v) is 5.30. The summed E-state index contributed by atoms with van der Waals surface area (Å²) in [7, 11) is 0. The van der Waals surface area contributed by atoms with Gasteiger partial charge < -0.3 is 0 Å². The van der Waals surface area contributed by atoms with E-state index in [1.165, 1.54) is 4.57 Å². The minimum absolute atomic E-state index is 0.346. The van der Waals surface area contributed by atoms with Crippen LogP contribution in [0.5, 0.6) is 0 Å². The van der Waals surface area contributed by atoms with Crippen molar-refractivity contribution in [2.24, 2.45) is 0 Å². The van der Waals surface area contributed by atoms with Gasteiger partial charge in [0, 0.05) is 10.8 Å². The van der Waals surface area contributed by atoms with Gasteiger partial charge in [-0.3, -0.25) is 14.2 Å². The van der Waals surface area contributed by atoms with Gasteiger partial charge in [-0.05, 0) is 12.1 Å². The molecule has 0 N–H and O–H groups in total. The summed E-state index contributed by atoms with van der Waals surface area (Å²) in [5.41, 5.74) is 1.54. The van der Waals surface area contributed by atoms with Crippen LogP contribution in [0, 0.1) is 0 Å². The largest absolute Gasteiger partial charge is 0.295 e. The van der Waals surface area contributed by atoms with Crippen LogP contribution in [0.1, 0.15) is 4.79 Å². The lowest BCUT2D eigenvalue weighted by Gasteiger charge is -1.99. The van der Waals surface area contributed by atoms with Gasteiger partial charge in [0.1, 0.15) is 0 Å². The minimum atomic E-state index is -0.539. The van der Waals surface area contributed by atoms with Crippen molar-refractivity contribution in [3.63, 3.8) is 0 Å².